The molecule has 112 valence electrons. The van der Waals surface area contributed by atoms with Gasteiger partial charge in [0.05, 0.1) is 0 Å². The molecule has 0 fully saturated rings. The molecule has 0 amide bonds. The Hall–Kier alpha value is -0.470. The highest BCUT2D eigenvalue weighted by Crippen LogP contribution is 2.39. The van der Waals surface area contributed by atoms with Gasteiger partial charge in [0.15, 0.2) is 0 Å². The van der Waals surface area contributed by atoms with Crippen LogP contribution in [-0.4, -0.2) is 17.8 Å². The Morgan fingerprint density at radius 2 is 2.10 bits per heavy atom. The third-order valence-corrected chi connectivity index (χ3v) is 5.38. The molecule has 2 atom stereocenters. The molecule has 1 nitrogen and oxygen atoms in total. The molecule has 0 radical (unpaired) electrons. The van der Waals surface area contributed by atoms with Crippen molar-refractivity contribution >= 4 is 11.8 Å². The van der Waals surface area contributed by atoms with Crippen LogP contribution in [0.15, 0.2) is 29.2 Å². The van der Waals surface area contributed by atoms with E-state index >= 15 is 0 Å². The predicted molar refractivity (Wildman–Crippen MR) is 90.6 cm³/mol. The average molecular weight is 292 g/mol. The summed E-state index contributed by atoms with van der Waals surface area (Å²) in [5.41, 5.74) is 1.56. The molecule has 2 heteroatoms. The number of hydrogen-bond donors (Lipinski definition) is 1. The molecular formula is C18H29NS. The monoisotopic (exact) mass is 291 g/mol. The van der Waals surface area contributed by atoms with Crippen LogP contribution in [0.1, 0.15) is 52.0 Å². The molecule has 1 aromatic carbocycles. The van der Waals surface area contributed by atoms with Crippen LogP contribution in [0.5, 0.6) is 0 Å². The fourth-order valence-corrected chi connectivity index (χ4v) is 4.36. The number of thioether (sulfide) groups is 1. The number of fused-ring (bicyclic) bond motifs is 1. The highest BCUT2D eigenvalue weighted by Gasteiger charge is 2.22. The Morgan fingerprint density at radius 1 is 1.30 bits per heavy atom. The maximum absolute atomic E-state index is 3.74. The highest BCUT2D eigenvalue weighted by atomic mass is 32.2. The van der Waals surface area contributed by atoms with E-state index in [1.807, 2.05) is 0 Å². The lowest BCUT2D eigenvalue weighted by Gasteiger charge is -2.21. The molecule has 1 aliphatic heterocycles. The summed E-state index contributed by atoms with van der Waals surface area (Å²) >= 11 is 2.09. The zero-order valence-corrected chi connectivity index (χ0v) is 14.0. The largest absolute Gasteiger partial charge is 0.314 e. The van der Waals surface area contributed by atoms with Crippen molar-refractivity contribution in [2.75, 3.05) is 6.54 Å². The third-order valence-electron chi connectivity index (χ3n) is 3.99. The Labute approximate surface area is 128 Å². The van der Waals surface area contributed by atoms with E-state index in [0.717, 1.165) is 17.7 Å². The first-order chi connectivity index (χ1) is 9.69. The first-order valence-electron chi connectivity index (χ1n) is 8.17. The van der Waals surface area contributed by atoms with Crippen molar-refractivity contribution in [2.45, 2.75) is 69.1 Å². The maximum Gasteiger partial charge on any atom is 0.0136 e. The summed E-state index contributed by atoms with van der Waals surface area (Å²) in [4.78, 5) is 1.51. The van der Waals surface area contributed by atoms with Crippen molar-refractivity contribution in [1.29, 1.82) is 0 Å². The van der Waals surface area contributed by atoms with Gasteiger partial charge >= 0.3 is 0 Å². The molecule has 0 spiro atoms. The number of rotatable bonds is 8. The lowest BCUT2D eigenvalue weighted by molar-refractivity contribution is 0.389. The minimum atomic E-state index is 0.708. The van der Waals surface area contributed by atoms with Crippen molar-refractivity contribution in [1.82, 2.24) is 5.32 Å². The van der Waals surface area contributed by atoms with Crippen LogP contribution in [0.2, 0.25) is 0 Å². The van der Waals surface area contributed by atoms with Crippen LogP contribution in [0, 0.1) is 5.92 Å². The van der Waals surface area contributed by atoms with Crippen LogP contribution in [0.4, 0.5) is 0 Å². The molecular weight excluding hydrogens is 262 g/mol. The van der Waals surface area contributed by atoms with Crippen LogP contribution in [-0.2, 0) is 6.42 Å². The van der Waals surface area contributed by atoms with Gasteiger partial charge in [0, 0.05) is 16.2 Å². The number of benzene rings is 1. The normalized spacial score (nSPS) is 19.3. The van der Waals surface area contributed by atoms with E-state index in [9.17, 15) is 0 Å². The quantitative estimate of drug-likeness (QED) is 0.731. The standard InChI is InChI=1S/C18H29NS/c1-4-11-19-16(12-14(2)3)9-10-17-13-15-7-5-6-8-18(15)20-17/h5-8,14,16-17,19H,4,9-13H2,1-3H3. The van der Waals surface area contributed by atoms with E-state index in [0.29, 0.717) is 6.04 Å². The van der Waals surface area contributed by atoms with Gasteiger partial charge in [-0.15, -0.1) is 11.8 Å². The number of nitrogens with one attached hydrogen (secondary N) is 1. The Bertz CT molecular complexity index is 377. The van der Waals surface area contributed by atoms with Gasteiger partial charge in [0.25, 0.3) is 0 Å². The molecule has 0 aromatic heterocycles. The summed E-state index contributed by atoms with van der Waals surface area (Å²) < 4.78 is 0. The van der Waals surface area contributed by atoms with Crippen molar-refractivity contribution in [3.8, 4) is 0 Å². The highest BCUT2D eigenvalue weighted by molar-refractivity contribution is 8.00. The second-order valence-corrected chi connectivity index (χ2v) is 7.75. The first-order valence-corrected chi connectivity index (χ1v) is 9.05. The summed E-state index contributed by atoms with van der Waals surface area (Å²) in [6.45, 7) is 8.08. The van der Waals surface area contributed by atoms with Crippen LogP contribution in [0.3, 0.4) is 0 Å². The average Bonchev–Trinajstić information content (AvgIpc) is 2.84. The van der Waals surface area contributed by atoms with Crippen LogP contribution >= 0.6 is 11.8 Å². The maximum atomic E-state index is 3.74. The molecule has 1 heterocycles. The predicted octanol–water partition coefficient (Wildman–Crippen LogP) is 4.90. The second kappa shape index (κ2) is 8.09. The van der Waals surface area contributed by atoms with E-state index in [2.05, 4.69) is 62.1 Å². The van der Waals surface area contributed by atoms with Gasteiger partial charge in [-0.3, -0.25) is 0 Å². The Kier molecular flexibility index (Phi) is 6.44. The number of hydrogen-bond acceptors (Lipinski definition) is 2. The van der Waals surface area contributed by atoms with E-state index in [1.165, 1.54) is 37.0 Å². The molecule has 1 aromatic rings. The van der Waals surface area contributed by atoms with Gasteiger partial charge in [0.2, 0.25) is 0 Å². The van der Waals surface area contributed by atoms with E-state index in [4.69, 9.17) is 0 Å². The van der Waals surface area contributed by atoms with Crippen molar-refractivity contribution < 1.29 is 0 Å². The zero-order valence-electron chi connectivity index (χ0n) is 13.2. The van der Waals surface area contributed by atoms with Crippen molar-refractivity contribution in [2.24, 2.45) is 5.92 Å². The van der Waals surface area contributed by atoms with Gasteiger partial charge in [-0.25, -0.2) is 0 Å². The van der Waals surface area contributed by atoms with E-state index in [1.54, 1.807) is 5.56 Å². The lowest BCUT2D eigenvalue weighted by Crippen LogP contribution is -2.31. The smallest absolute Gasteiger partial charge is 0.0136 e. The molecule has 1 aliphatic rings. The molecule has 0 saturated heterocycles. The second-order valence-electron chi connectivity index (χ2n) is 6.41. The van der Waals surface area contributed by atoms with Gasteiger partial charge in [0.1, 0.15) is 0 Å². The molecule has 2 rings (SSSR count). The van der Waals surface area contributed by atoms with E-state index < -0.39 is 0 Å². The molecule has 0 bridgehead atoms. The van der Waals surface area contributed by atoms with Crippen molar-refractivity contribution in [3.63, 3.8) is 0 Å². The molecule has 0 saturated carbocycles. The minimum Gasteiger partial charge on any atom is -0.314 e. The van der Waals surface area contributed by atoms with E-state index in [-0.39, 0.29) is 0 Å². The summed E-state index contributed by atoms with van der Waals surface area (Å²) in [7, 11) is 0. The summed E-state index contributed by atoms with van der Waals surface area (Å²) in [6.07, 6.45) is 6.48. The third kappa shape index (κ3) is 4.82. The SMILES string of the molecule is CCCNC(CCC1Cc2ccccc2S1)CC(C)C. The van der Waals surface area contributed by atoms with Gasteiger partial charge < -0.3 is 5.32 Å². The molecule has 2 unspecified atom stereocenters. The van der Waals surface area contributed by atoms with Gasteiger partial charge in [-0.2, -0.15) is 0 Å². The fourth-order valence-electron chi connectivity index (χ4n) is 3.02. The lowest BCUT2D eigenvalue weighted by atomic mass is 9.97. The van der Waals surface area contributed by atoms with Gasteiger partial charge in [-0.05, 0) is 56.2 Å². The molecule has 1 N–H and O–H groups in total. The summed E-state index contributed by atoms with van der Waals surface area (Å²) in [5.74, 6) is 0.790. The molecule has 20 heavy (non-hydrogen) atoms. The molecule has 0 aliphatic carbocycles. The van der Waals surface area contributed by atoms with Crippen molar-refractivity contribution in [3.05, 3.63) is 29.8 Å². The Morgan fingerprint density at radius 3 is 2.80 bits per heavy atom. The topological polar surface area (TPSA) is 12.0 Å². The summed E-state index contributed by atoms with van der Waals surface area (Å²) in [5, 5.41) is 4.53. The zero-order chi connectivity index (χ0) is 14.4. The Balaban J connectivity index is 1.78. The fraction of sp³-hybridized carbons (Fsp3) is 0.667. The first kappa shape index (κ1) is 15.9. The van der Waals surface area contributed by atoms with Crippen LogP contribution < -0.4 is 5.32 Å². The van der Waals surface area contributed by atoms with Gasteiger partial charge in [-0.1, -0.05) is 39.0 Å². The minimum absolute atomic E-state index is 0.708. The van der Waals surface area contributed by atoms with Crippen LogP contribution in [0.25, 0.3) is 0 Å². The summed E-state index contributed by atoms with van der Waals surface area (Å²) in [6, 6.07) is 9.62.